The van der Waals surface area contributed by atoms with Crippen molar-refractivity contribution < 1.29 is 18.7 Å². The minimum atomic E-state index is -0.876. The Kier molecular flexibility index (Phi) is 4.32. The van der Waals surface area contributed by atoms with Crippen LogP contribution in [0.4, 0.5) is 0 Å². The lowest BCUT2D eigenvalue weighted by Crippen LogP contribution is -2.12. The molecule has 1 fully saturated rings. The smallest absolute Gasteiger partial charge is 0.312 e. The summed E-state index contributed by atoms with van der Waals surface area (Å²) in [5, 5.41) is 9.46. The highest BCUT2D eigenvalue weighted by molar-refractivity contribution is 5.77. The van der Waals surface area contributed by atoms with Crippen LogP contribution in [0.5, 0.6) is 0 Å². The van der Waals surface area contributed by atoms with Gasteiger partial charge in [0, 0.05) is 5.92 Å². The van der Waals surface area contributed by atoms with E-state index in [2.05, 4.69) is 4.98 Å². The third kappa shape index (κ3) is 2.80. The highest BCUT2D eigenvalue weighted by Crippen LogP contribution is 2.38. The molecule has 2 heterocycles. The summed E-state index contributed by atoms with van der Waals surface area (Å²) < 4.78 is 11.4. The fourth-order valence-corrected chi connectivity index (χ4v) is 3.18. The van der Waals surface area contributed by atoms with Crippen molar-refractivity contribution in [3.8, 4) is 11.5 Å². The number of carboxylic acid groups (broad SMARTS) is 1. The first-order valence-electron chi connectivity index (χ1n) is 7.98. The summed E-state index contributed by atoms with van der Waals surface area (Å²) in [6, 6.07) is 3.55. The molecule has 0 aliphatic heterocycles. The van der Waals surface area contributed by atoms with E-state index in [-0.39, 0.29) is 0 Å². The van der Waals surface area contributed by atoms with Gasteiger partial charge in [0.15, 0.2) is 17.4 Å². The molecule has 0 bridgehead atoms. The van der Waals surface area contributed by atoms with Crippen molar-refractivity contribution in [3.05, 3.63) is 30.0 Å². The molecule has 5 heteroatoms. The molecule has 1 atom stereocenters. The van der Waals surface area contributed by atoms with E-state index in [1.165, 1.54) is 19.3 Å². The monoisotopic (exact) mass is 303 g/mol. The van der Waals surface area contributed by atoms with E-state index < -0.39 is 11.9 Å². The lowest BCUT2D eigenvalue weighted by molar-refractivity contribution is -0.138. The SMILES string of the molecule is CCC(C(=O)O)c1nc(C2CCCCC2)oc1-c1ccco1. The summed E-state index contributed by atoms with van der Waals surface area (Å²) in [5.41, 5.74) is 0.491. The predicted octanol–water partition coefficient (Wildman–Crippen LogP) is 4.56. The summed E-state index contributed by atoms with van der Waals surface area (Å²) in [7, 11) is 0. The molecule has 1 unspecified atom stereocenters. The van der Waals surface area contributed by atoms with Gasteiger partial charge in [0.05, 0.1) is 6.26 Å². The van der Waals surface area contributed by atoms with Crippen LogP contribution in [0.3, 0.4) is 0 Å². The normalized spacial score (nSPS) is 17.5. The van der Waals surface area contributed by atoms with Crippen LogP contribution in [0.25, 0.3) is 11.5 Å². The quantitative estimate of drug-likeness (QED) is 0.876. The number of hydrogen-bond donors (Lipinski definition) is 1. The third-order valence-electron chi connectivity index (χ3n) is 4.41. The van der Waals surface area contributed by atoms with Gasteiger partial charge in [-0.05, 0) is 31.4 Å². The molecule has 1 aliphatic rings. The third-order valence-corrected chi connectivity index (χ3v) is 4.41. The predicted molar refractivity (Wildman–Crippen MR) is 80.7 cm³/mol. The van der Waals surface area contributed by atoms with Crippen molar-refractivity contribution in [3.63, 3.8) is 0 Å². The van der Waals surface area contributed by atoms with Crippen LogP contribution in [0, 0.1) is 0 Å². The molecule has 2 aromatic rings. The molecule has 0 saturated heterocycles. The van der Waals surface area contributed by atoms with Gasteiger partial charge < -0.3 is 13.9 Å². The molecule has 118 valence electrons. The van der Waals surface area contributed by atoms with Gasteiger partial charge in [0.25, 0.3) is 0 Å². The van der Waals surface area contributed by atoms with Gasteiger partial charge in [-0.2, -0.15) is 0 Å². The topological polar surface area (TPSA) is 76.5 Å². The van der Waals surface area contributed by atoms with Crippen molar-refractivity contribution in [1.29, 1.82) is 0 Å². The number of hydrogen-bond acceptors (Lipinski definition) is 4. The number of oxazole rings is 1. The number of nitrogens with zero attached hydrogens (tertiary/aromatic N) is 1. The zero-order valence-corrected chi connectivity index (χ0v) is 12.7. The van der Waals surface area contributed by atoms with Crippen LogP contribution in [0.1, 0.15) is 68.9 Å². The van der Waals surface area contributed by atoms with Crippen LogP contribution in [-0.2, 0) is 4.79 Å². The first-order valence-corrected chi connectivity index (χ1v) is 7.98. The number of carboxylic acids is 1. The zero-order valence-electron chi connectivity index (χ0n) is 12.7. The molecule has 0 aromatic carbocycles. The molecular weight excluding hydrogens is 282 g/mol. The molecule has 2 aromatic heterocycles. The van der Waals surface area contributed by atoms with Crippen molar-refractivity contribution in [2.45, 2.75) is 57.3 Å². The standard InChI is InChI=1S/C17H21NO4/c1-2-12(17(19)20)14-15(13-9-6-10-21-13)22-16(18-14)11-7-4-3-5-8-11/h6,9-12H,2-5,7-8H2,1H3,(H,19,20). The maximum atomic E-state index is 11.5. The van der Waals surface area contributed by atoms with Gasteiger partial charge in [-0.25, -0.2) is 4.98 Å². The molecule has 1 aliphatic carbocycles. The summed E-state index contributed by atoms with van der Waals surface area (Å²) in [6.45, 7) is 1.85. The Hall–Kier alpha value is -2.04. The second kappa shape index (κ2) is 6.38. The van der Waals surface area contributed by atoms with Gasteiger partial charge in [-0.3, -0.25) is 4.79 Å². The Morgan fingerprint density at radius 2 is 2.18 bits per heavy atom. The van der Waals surface area contributed by atoms with Crippen molar-refractivity contribution in [2.24, 2.45) is 0 Å². The fraction of sp³-hybridized carbons (Fsp3) is 0.529. The Labute approximate surface area is 129 Å². The molecule has 1 saturated carbocycles. The summed E-state index contributed by atoms with van der Waals surface area (Å²) >= 11 is 0. The average molecular weight is 303 g/mol. The highest BCUT2D eigenvalue weighted by atomic mass is 16.4. The van der Waals surface area contributed by atoms with Crippen LogP contribution < -0.4 is 0 Å². The molecule has 0 radical (unpaired) electrons. The lowest BCUT2D eigenvalue weighted by atomic mass is 9.89. The van der Waals surface area contributed by atoms with Gasteiger partial charge >= 0.3 is 5.97 Å². The maximum Gasteiger partial charge on any atom is 0.312 e. The van der Waals surface area contributed by atoms with Crippen LogP contribution >= 0.6 is 0 Å². The summed E-state index contributed by atoms with van der Waals surface area (Å²) in [5.74, 6) is 0.437. The molecule has 1 N–H and O–H groups in total. The van der Waals surface area contributed by atoms with E-state index in [9.17, 15) is 9.90 Å². The molecule has 22 heavy (non-hydrogen) atoms. The molecule has 5 nitrogen and oxygen atoms in total. The van der Waals surface area contributed by atoms with E-state index in [4.69, 9.17) is 8.83 Å². The minimum Gasteiger partial charge on any atom is -0.481 e. The highest BCUT2D eigenvalue weighted by Gasteiger charge is 2.31. The molecule has 0 spiro atoms. The van der Waals surface area contributed by atoms with E-state index >= 15 is 0 Å². The number of aliphatic carboxylic acids is 1. The average Bonchev–Trinajstić information content (AvgIpc) is 3.17. The van der Waals surface area contributed by atoms with Crippen LogP contribution in [-0.4, -0.2) is 16.1 Å². The zero-order chi connectivity index (χ0) is 15.5. The van der Waals surface area contributed by atoms with E-state index in [0.29, 0.717) is 35.4 Å². The van der Waals surface area contributed by atoms with Crippen molar-refractivity contribution in [2.75, 3.05) is 0 Å². The lowest BCUT2D eigenvalue weighted by Gasteiger charge is -2.17. The van der Waals surface area contributed by atoms with E-state index in [1.807, 2.05) is 6.92 Å². The van der Waals surface area contributed by atoms with E-state index in [0.717, 1.165) is 12.8 Å². The fourth-order valence-electron chi connectivity index (χ4n) is 3.18. The van der Waals surface area contributed by atoms with Crippen LogP contribution in [0.15, 0.2) is 27.2 Å². The summed E-state index contributed by atoms with van der Waals surface area (Å²) in [6.07, 6.45) is 7.75. The first-order chi connectivity index (χ1) is 10.7. The second-order valence-corrected chi connectivity index (χ2v) is 5.88. The number of rotatable bonds is 5. The second-order valence-electron chi connectivity index (χ2n) is 5.88. The Bertz CT molecular complexity index is 623. The molecular formula is C17H21NO4. The van der Waals surface area contributed by atoms with Crippen molar-refractivity contribution >= 4 is 5.97 Å². The number of carbonyl (C=O) groups is 1. The summed E-state index contributed by atoms with van der Waals surface area (Å²) in [4.78, 5) is 16.1. The minimum absolute atomic E-state index is 0.294. The largest absolute Gasteiger partial charge is 0.481 e. The van der Waals surface area contributed by atoms with Crippen LogP contribution in [0.2, 0.25) is 0 Å². The Balaban J connectivity index is 2.02. The first kappa shape index (κ1) is 14.9. The maximum absolute atomic E-state index is 11.5. The Morgan fingerprint density at radius 1 is 1.41 bits per heavy atom. The van der Waals surface area contributed by atoms with Crippen molar-refractivity contribution in [1.82, 2.24) is 4.98 Å². The van der Waals surface area contributed by atoms with Gasteiger partial charge in [0.2, 0.25) is 0 Å². The Morgan fingerprint density at radius 3 is 2.77 bits per heavy atom. The molecule has 3 rings (SSSR count). The number of aromatic nitrogens is 1. The van der Waals surface area contributed by atoms with Gasteiger partial charge in [0.1, 0.15) is 11.6 Å². The molecule has 0 amide bonds. The van der Waals surface area contributed by atoms with Gasteiger partial charge in [-0.15, -0.1) is 0 Å². The van der Waals surface area contributed by atoms with Gasteiger partial charge in [-0.1, -0.05) is 26.2 Å². The number of furan rings is 1. The van der Waals surface area contributed by atoms with E-state index in [1.54, 1.807) is 18.4 Å².